The number of thiophene rings is 4. The van der Waals surface area contributed by atoms with Crippen molar-refractivity contribution in [3.8, 4) is 22.5 Å². The van der Waals surface area contributed by atoms with Crippen molar-refractivity contribution in [2.75, 3.05) is 19.6 Å². The fourth-order valence-corrected chi connectivity index (χ4v) is 27.6. The summed E-state index contributed by atoms with van der Waals surface area (Å²) >= 11 is 33.2. The van der Waals surface area contributed by atoms with Crippen LogP contribution in [0, 0.1) is 0 Å². The molecule has 0 N–H and O–H groups in total. The fourth-order valence-electron chi connectivity index (χ4n) is 22.1. The summed E-state index contributed by atoms with van der Waals surface area (Å²) in [5.74, 6) is 0. The maximum absolute atomic E-state index is 6.68. The lowest BCUT2D eigenvalue weighted by atomic mass is 9.97. The van der Waals surface area contributed by atoms with Gasteiger partial charge in [0.25, 0.3) is 0 Å². The van der Waals surface area contributed by atoms with Crippen molar-refractivity contribution in [1.82, 2.24) is 9.13 Å². The number of para-hydroxylation sites is 9. The van der Waals surface area contributed by atoms with E-state index in [0.29, 0.717) is 0 Å². The Balaban J connectivity index is 0.0000000983. The Labute approximate surface area is 896 Å². The molecule has 708 valence electrons. The first-order valence-electron chi connectivity index (χ1n) is 49.7. The molecule has 23 aromatic carbocycles. The highest BCUT2D eigenvalue weighted by Gasteiger charge is 2.28. The predicted octanol–water partition coefficient (Wildman–Crippen LogP) is 42.8. The first-order valence-corrected chi connectivity index (χ1v) is 54.5. The van der Waals surface area contributed by atoms with Gasteiger partial charge in [-0.1, -0.05) is 301 Å². The van der Waals surface area contributed by atoms with Crippen molar-refractivity contribution >= 4 is 306 Å². The average molecular weight is 2060 g/mol. The molecule has 0 unspecified atom stereocenters. The highest BCUT2D eigenvalue weighted by atomic mass is 35.5. The molecule has 1 aliphatic carbocycles. The molecular weight excluding hydrogens is 1980 g/mol. The Hall–Kier alpha value is -16.6. The molecule has 0 fully saturated rings. The van der Waals surface area contributed by atoms with Crippen LogP contribution in [0.4, 0.5) is 68.2 Å². The predicted molar refractivity (Wildman–Crippen MR) is 648 cm³/mol. The number of nitrogens with zero attached hydrogens (tertiary/aromatic N) is 6. The van der Waals surface area contributed by atoms with Gasteiger partial charge < -0.3 is 28.7 Å². The lowest BCUT2D eigenvalue weighted by Crippen LogP contribution is -2.09. The molecule has 0 radical (unpaired) electrons. The number of anilines is 12. The molecule has 1 aliphatic rings. The van der Waals surface area contributed by atoms with Gasteiger partial charge in [0, 0.05) is 213 Å². The van der Waals surface area contributed by atoms with Crippen molar-refractivity contribution in [2.45, 2.75) is 6.42 Å². The van der Waals surface area contributed by atoms with Gasteiger partial charge in [-0.25, -0.2) is 0 Å². The standard InChI is InChI=1S/2C36H23ClN2S.C34H20ClNS2.C29H20ClN/c37-24-15-18-31-32-22-27(17-20-35(32)40-36(31)21-24)38(25-9-3-1-4-10-25)28-16-19-30-29-13-7-8-14-33(29)39(34(30)23-28)26-11-5-2-6-12-26;37-24-15-18-30-32-23-28(17-20-35(32)40-36(30)21-24)38(25-9-3-1-4-10-25)27-16-19-34-31(22-27)29-13-7-8-14-33(29)39(34)26-11-5-2-6-12-26;35-29-20-33-34(26-12-5-4-10-24(26)29)28-19-23(15-17-32(28)38-33)36(21-8-2-1-3-9-21)22-14-16-31-27(18-22)25-11-6-7-13-30(25)37-31;30-28-18-21-17-20-15-16-24(19-27(20)29(21)26-14-8-7-13-25(26)28)31(22-9-3-1-4-10-22)23-11-5-2-6-12-23/h2*1-23H;1-20H;1-16,18-19H,17H2. The minimum atomic E-state index is 0.771. The van der Waals surface area contributed by atoms with Gasteiger partial charge in [-0.05, 0) is 294 Å². The van der Waals surface area contributed by atoms with Gasteiger partial charge in [0.2, 0.25) is 0 Å². The second-order valence-electron chi connectivity index (χ2n) is 37.4. The van der Waals surface area contributed by atoms with Crippen molar-refractivity contribution in [3.05, 3.63) is 541 Å². The van der Waals surface area contributed by atoms with Gasteiger partial charge in [0.15, 0.2) is 0 Å². The lowest BCUT2D eigenvalue weighted by molar-refractivity contribution is 1.18. The summed E-state index contributed by atoms with van der Waals surface area (Å²) in [5, 5.41) is 22.9. The zero-order valence-electron chi connectivity index (χ0n) is 80.0. The SMILES string of the molecule is Clc1cc2c(c3ccccc13)-c1cc(N(c3ccccc3)c3ccccc3)ccc1C2.Clc1cc2sc3ccc(N(c4ccccc4)c4ccc5sc6ccccc6c5c4)cc3c2c2ccccc12.Clc1ccc2c(c1)sc1ccc(N(c3ccccc3)c3ccc4c(c3)c3ccccc3n4-c3ccccc3)cc12.Clc1ccc2c(c1)sc1ccc(N(c3ccccc3)c3ccc4c5ccccc5n(-c5ccccc5)c4c3)cc12. The minimum absolute atomic E-state index is 0.771. The maximum atomic E-state index is 6.68. The summed E-state index contributed by atoms with van der Waals surface area (Å²) in [6.45, 7) is 0. The van der Waals surface area contributed by atoms with E-state index >= 15 is 0 Å². The van der Waals surface area contributed by atoms with Crippen LogP contribution in [-0.4, -0.2) is 9.13 Å². The summed E-state index contributed by atoms with van der Waals surface area (Å²) in [6.07, 6.45) is 0.923. The highest BCUT2D eigenvalue weighted by Crippen LogP contribution is 2.53. The summed E-state index contributed by atoms with van der Waals surface area (Å²) < 4.78 is 14.8. The molecule has 6 aromatic heterocycles. The van der Waals surface area contributed by atoms with Gasteiger partial charge in [0.05, 0.1) is 22.1 Å². The van der Waals surface area contributed by atoms with Crippen molar-refractivity contribution in [1.29, 1.82) is 0 Å². The van der Waals surface area contributed by atoms with E-state index in [1.807, 2.05) is 23.5 Å². The Kier molecular flexibility index (Phi) is 23.7. The van der Waals surface area contributed by atoms with Crippen LogP contribution in [0.15, 0.2) is 510 Å². The third-order valence-corrected chi connectivity index (χ3v) is 34.3. The molecule has 29 aromatic rings. The van der Waals surface area contributed by atoms with E-state index < -0.39 is 0 Å². The normalized spacial score (nSPS) is 11.7. The van der Waals surface area contributed by atoms with Crippen LogP contribution in [0.1, 0.15) is 11.1 Å². The number of hydrogen-bond donors (Lipinski definition) is 0. The van der Waals surface area contributed by atoms with Crippen molar-refractivity contribution in [2.24, 2.45) is 0 Å². The van der Waals surface area contributed by atoms with Crippen LogP contribution in [0.3, 0.4) is 0 Å². The molecule has 0 spiro atoms. The molecule has 149 heavy (non-hydrogen) atoms. The van der Waals surface area contributed by atoms with Crippen molar-refractivity contribution in [3.63, 3.8) is 0 Å². The lowest BCUT2D eigenvalue weighted by Gasteiger charge is -2.26. The minimum Gasteiger partial charge on any atom is -0.310 e. The summed E-state index contributed by atoms with van der Waals surface area (Å²) in [5.41, 5.74) is 26.0. The Bertz CT molecular complexity index is 10200. The molecule has 0 amide bonds. The van der Waals surface area contributed by atoms with E-state index in [-0.39, 0.29) is 0 Å². The molecular formula is C135H86Cl4N6S4. The van der Waals surface area contributed by atoms with Gasteiger partial charge in [-0.2, -0.15) is 0 Å². The molecule has 0 aliphatic heterocycles. The first-order chi connectivity index (χ1) is 73.5. The fraction of sp³-hybridized carbons (Fsp3) is 0.00741. The summed E-state index contributed by atoms with van der Waals surface area (Å²) in [6, 6.07) is 181. The third-order valence-electron chi connectivity index (χ3n) is 28.6. The maximum Gasteiger partial charge on any atom is 0.0561 e. The summed E-state index contributed by atoms with van der Waals surface area (Å²) in [4.78, 5) is 9.39. The van der Waals surface area contributed by atoms with E-state index in [1.54, 1.807) is 34.0 Å². The molecule has 0 atom stereocenters. The second-order valence-corrected chi connectivity index (χ2v) is 43.5. The van der Waals surface area contributed by atoms with Crippen LogP contribution < -0.4 is 19.6 Å². The first kappa shape index (κ1) is 91.1. The van der Waals surface area contributed by atoms with Gasteiger partial charge in [-0.15, -0.1) is 45.3 Å². The highest BCUT2D eigenvalue weighted by molar-refractivity contribution is 7.27. The quantitative estimate of drug-likeness (QED) is 0.108. The Morgan fingerprint density at radius 2 is 0.483 bits per heavy atom. The van der Waals surface area contributed by atoms with E-state index in [1.165, 1.54) is 157 Å². The average Bonchev–Trinajstić information content (AvgIpc) is 1.53. The zero-order chi connectivity index (χ0) is 99.3. The number of benzene rings is 23. The molecule has 0 saturated heterocycles. The molecule has 0 bridgehead atoms. The Morgan fingerprint density at radius 1 is 0.174 bits per heavy atom. The number of halogens is 4. The van der Waals surface area contributed by atoms with E-state index in [9.17, 15) is 0 Å². The molecule has 6 heterocycles. The number of hydrogen-bond acceptors (Lipinski definition) is 8. The van der Waals surface area contributed by atoms with Gasteiger partial charge in [-0.3, -0.25) is 0 Å². The smallest absolute Gasteiger partial charge is 0.0561 e. The topological polar surface area (TPSA) is 22.8 Å². The number of fused-ring (bicyclic) bond motifs is 25. The second kappa shape index (κ2) is 38.7. The van der Waals surface area contributed by atoms with E-state index in [0.717, 1.165) is 117 Å². The van der Waals surface area contributed by atoms with Crippen LogP contribution >= 0.6 is 91.8 Å². The number of rotatable bonds is 14. The monoisotopic (exact) mass is 2060 g/mol. The molecule has 0 saturated carbocycles. The van der Waals surface area contributed by atoms with Crippen LogP contribution in [-0.2, 0) is 6.42 Å². The summed E-state index contributed by atoms with van der Waals surface area (Å²) in [7, 11) is 0. The van der Waals surface area contributed by atoms with Gasteiger partial charge in [0.1, 0.15) is 0 Å². The zero-order valence-corrected chi connectivity index (χ0v) is 86.3. The van der Waals surface area contributed by atoms with Crippen LogP contribution in [0.2, 0.25) is 20.1 Å². The Morgan fingerprint density at radius 3 is 0.980 bits per heavy atom. The third kappa shape index (κ3) is 16.7. The van der Waals surface area contributed by atoms with Crippen LogP contribution in [0.25, 0.3) is 168 Å². The van der Waals surface area contributed by atoms with Gasteiger partial charge >= 0.3 is 0 Å². The van der Waals surface area contributed by atoms with E-state index in [4.69, 9.17) is 46.4 Å². The van der Waals surface area contributed by atoms with E-state index in [2.05, 4.69) is 526 Å². The molecule has 30 rings (SSSR count). The van der Waals surface area contributed by atoms with Crippen molar-refractivity contribution < 1.29 is 0 Å². The molecule has 14 heteroatoms. The van der Waals surface area contributed by atoms with Crippen LogP contribution in [0.5, 0.6) is 0 Å². The number of aromatic nitrogens is 2. The molecule has 6 nitrogen and oxygen atoms in total. The largest absolute Gasteiger partial charge is 0.310 e.